The van der Waals surface area contributed by atoms with Gasteiger partial charge in [-0.2, -0.15) is 4.31 Å². The van der Waals surface area contributed by atoms with Crippen molar-refractivity contribution in [2.24, 2.45) is 0 Å². The standard InChI is InChI=1S/C17H25N3O4S/c1-17(2,3)24-16(21)19-13-7-9-20(11-13)25(22,23)14-4-5-15-12(10-14)6-8-18-15/h4-5,10,13,18H,6-9,11H2,1-3H3,(H,19,21)/t13-/m0/s1. The van der Waals surface area contributed by atoms with Crippen LogP contribution in [0.5, 0.6) is 0 Å². The normalized spacial score (nSPS) is 20.8. The summed E-state index contributed by atoms with van der Waals surface area (Å²) >= 11 is 0. The quantitative estimate of drug-likeness (QED) is 0.852. The molecule has 0 aliphatic carbocycles. The highest BCUT2D eigenvalue weighted by Crippen LogP contribution is 2.28. The Morgan fingerprint density at radius 2 is 2.12 bits per heavy atom. The zero-order valence-corrected chi connectivity index (χ0v) is 15.6. The number of carbonyl (C=O) groups excluding carboxylic acids is 1. The number of nitrogens with zero attached hydrogens (tertiary/aromatic N) is 1. The van der Waals surface area contributed by atoms with E-state index < -0.39 is 21.7 Å². The van der Waals surface area contributed by atoms with Crippen molar-refractivity contribution in [2.75, 3.05) is 25.0 Å². The van der Waals surface area contributed by atoms with Crippen molar-refractivity contribution in [3.05, 3.63) is 23.8 Å². The van der Waals surface area contributed by atoms with Gasteiger partial charge in [0, 0.05) is 31.4 Å². The third-order valence-electron chi connectivity index (χ3n) is 4.30. The van der Waals surface area contributed by atoms with E-state index in [1.807, 2.05) is 6.07 Å². The highest BCUT2D eigenvalue weighted by atomic mass is 32.2. The topological polar surface area (TPSA) is 87.7 Å². The lowest BCUT2D eigenvalue weighted by Crippen LogP contribution is -2.41. The molecule has 1 aromatic rings. The van der Waals surface area contributed by atoms with E-state index in [2.05, 4.69) is 10.6 Å². The number of nitrogens with one attached hydrogen (secondary N) is 2. The highest BCUT2D eigenvalue weighted by molar-refractivity contribution is 7.89. The van der Waals surface area contributed by atoms with E-state index in [0.29, 0.717) is 17.9 Å². The fraction of sp³-hybridized carbons (Fsp3) is 0.588. The average molecular weight is 367 g/mol. The van der Waals surface area contributed by atoms with Gasteiger partial charge in [0.15, 0.2) is 0 Å². The summed E-state index contributed by atoms with van der Waals surface area (Å²) in [5.74, 6) is 0. The Bertz CT molecular complexity index is 771. The minimum absolute atomic E-state index is 0.235. The van der Waals surface area contributed by atoms with Crippen molar-refractivity contribution in [3.8, 4) is 0 Å². The second-order valence-corrected chi connectivity index (χ2v) is 9.43. The maximum atomic E-state index is 12.9. The van der Waals surface area contributed by atoms with Gasteiger partial charge >= 0.3 is 6.09 Å². The number of alkyl carbamates (subject to hydrolysis) is 1. The minimum Gasteiger partial charge on any atom is -0.444 e. The SMILES string of the molecule is CC(C)(C)OC(=O)N[C@H]1CCN(S(=O)(=O)c2ccc3c(c2)CCN3)C1. The first-order chi connectivity index (χ1) is 11.6. The summed E-state index contributed by atoms with van der Waals surface area (Å²) in [4.78, 5) is 12.2. The summed E-state index contributed by atoms with van der Waals surface area (Å²) in [6, 6.07) is 4.97. The van der Waals surface area contributed by atoms with E-state index in [-0.39, 0.29) is 12.6 Å². The fourth-order valence-electron chi connectivity index (χ4n) is 3.13. The zero-order chi connectivity index (χ0) is 18.2. The number of hydrogen-bond acceptors (Lipinski definition) is 5. The molecule has 2 aliphatic rings. The highest BCUT2D eigenvalue weighted by Gasteiger charge is 2.34. The monoisotopic (exact) mass is 367 g/mol. The van der Waals surface area contributed by atoms with Crippen molar-refractivity contribution < 1.29 is 17.9 Å². The maximum Gasteiger partial charge on any atom is 0.407 e. The number of fused-ring (bicyclic) bond motifs is 1. The summed E-state index contributed by atoms with van der Waals surface area (Å²) in [5, 5.41) is 5.98. The van der Waals surface area contributed by atoms with Crippen LogP contribution in [0.3, 0.4) is 0 Å². The predicted molar refractivity (Wildman–Crippen MR) is 95.2 cm³/mol. The van der Waals surface area contributed by atoms with Gasteiger partial charge in [0.05, 0.1) is 4.90 Å². The third-order valence-corrected chi connectivity index (χ3v) is 6.16. The van der Waals surface area contributed by atoms with Gasteiger partial charge in [-0.3, -0.25) is 0 Å². The summed E-state index contributed by atoms with van der Waals surface area (Å²) in [7, 11) is -3.55. The Kier molecular flexibility index (Phi) is 4.68. The number of hydrogen-bond donors (Lipinski definition) is 2. The van der Waals surface area contributed by atoms with Gasteiger partial charge in [0.25, 0.3) is 0 Å². The lowest BCUT2D eigenvalue weighted by molar-refractivity contribution is 0.0507. The van der Waals surface area contributed by atoms with E-state index in [1.54, 1.807) is 32.9 Å². The Morgan fingerprint density at radius 1 is 1.36 bits per heavy atom. The van der Waals surface area contributed by atoms with E-state index in [9.17, 15) is 13.2 Å². The first-order valence-electron chi connectivity index (χ1n) is 8.52. The van der Waals surface area contributed by atoms with Crippen LogP contribution in [0.15, 0.2) is 23.1 Å². The van der Waals surface area contributed by atoms with Crippen LogP contribution in [0, 0.1) is 0 Å². The predicted octanol–water partition coefficient (Wildman–Crippen LogP) is 1.94. The lowest BCUT2D eigenvalue weighted by Gasteiger charge is -2.22. The van der Waals surface area contributed by atoms with Crippen LogP contribution in [0.25, 0.3) is 0 Å². The van der Waals surface area contributed by atoms with Crippen molar-refractivity contribution in [3.63, 3.8) is 0 Å². The summed E-state index contributed by atoms with van der Waals surface area (Å²) < 4.78 is 32.4. The van der Waals surface area contributed by atoms with Crippen LogP contribution in [-0.2, 0) is 21.2 Å². The Morgan fingerprint density at radius 3 is 2.84 bits per heavy atom. The van der Waals surface area contributed by atoms with E-state index in [4.69, 9.17) is 4.74 Å². The molecule has 0 unspecified atom stereocenters. The smallest absolute Gasteiger partial charge is 0.407 e. The van der Waals surface area contributed by atoms with Crippen molar-refractivity contribution in [1.82, 2.24) is 9.62 Å². The molecule has 1 fully saturated rings. The molecule has 2 N–H and O–H groups in total. The largest absolute Gasteiger partial charge is 0.444 e. The number of benzene rings is 1. The second-order valence-electron chi connectivity index (χ2n) is 7.49. The van der Waals surface area contributed by atoms with E-state index in [1.165, 1.54) is 4.31 Å². The van der Waals surface area contributed by atoms with Crippen LogP contribution in [0.1, 0.15) is 32.8 Å². The Hall–Kier alpha value is -1.80. The van der Waals surface area contributed by atoms with Gasteiger partial charge in [0.2, 0.25) is 10.0 Å². The van der Waals surface area contributed by atoms with Crippen LogP contribution in [0.2, 0.25) is 0 Å². The number of sulfonamides is 1. The van der Waals surface area contributed by atoms with Gasteiger partial charge < -0.3 is 15.4 Å². The zero-order valence-electron chi connectivity index (χ0n) is 14.8. The Labute approximate surface area is 148 Å². The molecule has 138 valence electrons. The van der Waals surface area contributed by atoms with Gasteiger partial charge in [-0.25, -0.2) is 13.2 Å². The first-order valence-corrected chi connectivity index (χ1v) is 9.96. The minimum atomic E-state index is -3.55. The number of ether oxygens (including phenoxy) is 1. The van der Waals surface area contributed by atoms with Gasteiger partial charge in [-0.15, -0.1) is 0 Å². The van der Waals surface area contributed by atoms with Crippen molar-refractivity contribution in [2.45, 2.75) is 50.2 Å². The van der Waals surface area contributed by atoms with E-state index in [0.717, 1.165) is 24.2 Å². The van der Waals surface area contributed by atoms with Crippen LogP contribution < -0.4 is 10.6 Å². The number of rotatable bonds is 3. The molecular formula is C17H25N3O4S. The Balaban J connectivity index is 1.66. The molecule has 0 saturated carbocycles. The van der Waals surface area contributed by atoms with Gasteiger partial charge in [-0.1, -0.05) is 0 Å². The number of amides is 1. The van der Waals surface area contributed by atoms with Crippen molar-refractivity contribution >= 4 is 21.8 Å². The van der Waals surface area contributed by atoms with Gasteiger partial charge in [0.1, 0.15) is 5.60 Å². The van der Waals surface area contributed by atoms with Crippen LogP contribution in [0.4, 0.5) is 10.5 Å². The molecule has 0 bridgehead atoms. The van der Waals surface area contributed by atoms with Crippen molar-refractivity contribution in [1.29, 1.82) is 0 Å². The molecule has 2 heterocycles. The third kappa shape index (κ3) is 4.07. The summed E-state index contributed by atoms with van der Waals surface area (Å²) in [6.45, 7) is 6.86. The molecular weight excluding hydrogens is 342 g/mol. The summed E-state index contributed by atoms with van der Waals surface area (Å²) in [6.07, 6.45) is 0.896. The molecule has 2 aliphatic heterocycles. The number of carbonyl (C=O) groups is 1. The molecule has 0 spiro atoms. The molecule has 0 aromatic heterocycles. The molecule has 1 atom stereocenters. The van der Waals surface area contributed by atoms with E-state index >= 15 is 0 Å². The molecule has 3 rings (SSSR count). The first kappa shape index (κ1) is 18.0. The molecule has 0 radical (unpaired) electrons. The molecule has 7 nitrogen and oxygen atoms in total. The average Bonchev–Trinajstić information content (AvgIpc) is 3.13. The summed E-state index contributed by atoms with van der Waals surface area (Å²) in [5.41, 5.74) is 1.46. The molecule has 8 heteroatoms. The number of anilines is 1. The van der Waals surface area contributed by atoms with Crippen LogP contribution >= 0.6 is 0 Å². The van der Waals surface area contributed by atoms with Gasteiger partial charge in [-0.05, 0) is 57.4 Å². The molecule has 1 saturated heterocycles. The lowest BCUT2D eigenvalue weighted by atomic mass is 10.2. The molecule has 1 amide bonds. The maximum absolute atomic E-state index is 12.9. The molecule has 1 aromatic carbocycles. The van der Waals surface area contributed by atoms with Crippen LogP contribution in [-0.4, -0.2) is 50.1 Å². The molecule has 25 heavy (non-hydrogen) atoms. The fourth-order valence-corrected chi connectivity index (χ4v) is 4.68. The second kappa shape index (κ2) is 6.49.